The molecule has 0 aliphatic heterocycles. The van der Waals surface area contributed by atoms with Gasteiger partial charge < -0.3 is 0 Å². The topological polar surface area (TPSA) is 12.9 Å². The second-order valence-electron chi connectivity index (χ2n) is 6.18. The van der Waals surface area contributed by atoms with E-state index in [1.165, 1.54) is 33.4 Å². The van der Waals surface area contributed by atoms with Crippen molar-refractivity contribution in [1.82, 2.24) is 4.98 Å². The smallest absolute Gasteiger partial charge is 0.0346 e. The van der Waals surface area contributed by atoms with Crippen LogP contribution in [0, 0.1) is 6.92 Å². The highest BCUT2D eigenvalue weighted by Crippen LogP contribution is 2.35. The van der Waals surface area contributed by atoms with Crippen molar-refractivity contribution < 1.29 is 0 Å². The second-order valence-corrected chi connectivity index (χ2v) is 6.18. The maximum atomic E-state index is 4.21. The van der Waals surface area contributed by atoms with Gasteiger partial charge in [-0.15, -0.1) is 0 Å². The standard InChI is InChI=1S/C24H19N/c1-18-7-5-11-23(24(18)21-8-3-2-4-9-21)20-14-12-19(13-15-20)22-10-6-16-25-17-22/h2-17H,1H3. The van der Waals surface area contributed by atoms with Crippen LogP contribution in [-0.4, -0.2) is 4.98 Å². The quantitative estimate of drug-likeness (QED) is 0.426. The maximum absolute atomic E-state index is 4.21. The molecular formula is C24H19N. The van der Waals surface area contributed by atoms with Gasteiger partial charge in [0.05, 0.1) is 0 Å². The van der Waals surface area contributed by atoms with E-state index in [0.717, 1.165) is 5.56 Å². The minimum absolute atomic E-state index is 1.14. The Kier molecular flexibility index (Phi) is 4.14. The summed E-state index contributed by atoms with van der Waals surface area (Å²) in [5.74, 6) is 0. The molecular weight excluding hydrogens is 302 g/mol. The Labute approximate surface area is 148 Å². The van der Waals surface area contributed by atoms with E-state index in [1.807, 2.05) is 12.3 Å². The molecule has 0 spiro atoms. The third kappa shape index (κ3) is 3.09. The van der Waals surface area contributed by atoms with Crippen molar-refractivity contribution in [3.05, 3.63) is 103 Å². The molecule has 0 amide bonds. The van der Waals surface area contributed by atoms with Crippen molar-refractivity contribution in [2.75, 3.05) is 0 Å². The predicted molar refractivity (Wildman–Crippen MR) is 105 cm³/mol. The number of benzene rings is 3. The van der Waals surface area contributed by atoms with Crippen LogP contribution >= 0.6 is 0 Å². The summed E-state index contributed by atoms with van der Waals surface area (Å²) in [5, 5.41) is 0. The molecule has 0 aliphatic carbocycles. The molecule has 0 N–H and O–H groups in total. The highest BCUT2D eigenvalue weighted by Gasteiger charge is 2.10. The van der Waals surface area contributed by atoms with E-state index in [9.17, 15) is 0 Å². The Morgan fingerprint density at radius 1 is 0.560 bits per heavy atom. The van der Waals surface area contributed by atoms with Crippen LogP contribution in [0.1, 0.15) is 5.56 Å². The number of rotatable bonds is 3. The molecule has 0 bridgehead atoms. The number of hydrogen-bond acceptors (Lipinski definition) is 1. The van der Waals surface area contributed by atoms with Gasteiger partial charge in [0.25, 0.3) is 0 Å². The first-order valence-electron chi connectivity index (χ1n) is 8.49. The molecule has 0 aliphatic rings. The summed E-state index contributed by atoms with van der Waals surface area (Å²) in [6, 6.07) is 29.9. The zero-order valence-electron chi connectivity index (χ0n) is 14.2. The van der Waals surface area contributed by atoms with E-state index < -0.39 is 0 Å². The van der Waals surface area contributed by atoms with E-state index in [1.54, 1.807) is 6.20 Å². The number of aryl methyl sites for hydroxylation is 1. The summed E-state index contributed by atoms with van der Waals surface area (Å²) in [4.78, 5) is 4.21. The molecule has 0 fully saturated rings. The Balaban J connectivity index is 1.80. The molecule has 25 heavy (non-hydrogen) atoms. The maximum Gasteiger partial charge on any atom is 0.0346 e. The largest absolute Gasteiger partial charge is 0.264 e. The third-order valence-electron chi connectivity index (χ3n) is 4.53. The van der Waals surface area contributed by atoms with Gasteiger partial charge >= 0.3 is 0 Å². The van der Waals surface area contributed by atoms with E-state index in [-0.39, 0.29) is 0 Å². The molecule has 1 nitrogen and oxygen atoms in total. The van der Waals surface area contributed by atoms with Crippen LogP contribution < -0.4 is 0 Å². The fourth-order valence-electron chi connectivity index (χ4n) is 3.27. The molecule has 0 radical (unpaired) electrons. The van der Waals surface area contributed by atoms with Gasteiger partial charge in [-0.1, -0.05) is 78.9 Å². The van der Waals surface area contributed by atoms with Crippen LogP contribution in [-0.2, 0) is 0 Å². The lowest BCUT2D eigenvalue weighted by atomic mass is 9.90. The average molecular weight is 321 g/mol. The lowest BCUT2D eigenvalue weighted by Crippen LogP contribution is -1.89. The molecule has 1 heterocycles. The van der Waals surface area contributed by atoms with E-state index in [0.29, 0.717) is 0 Å². The average Bonchev–Trinajstić information content (AvgIpc) is 2.69. The monoisotopic (exact) mass is 321 g/mol. The van der Waals surface area contributed by atoms with Gasteiger partial charge in [-0.25, -0.2) is 0 Å². The molecule has 0 unspecified atom stereocenters. The molecule has 1 heteroatoms. The predicted octanol–water partition coefficient (Wildman–Crippen LogP) is 6.39. The molecule has 4 aromatic rings. The van der Waals surface area contributed by atoms with Crippen molar-refractivity contribution >= 4 is 0 Å². The van der Waals surface area contributed by atoms with Crippen molar-refractivity contribution in [2.45, 2.75) is 6.92 Å². The Morgan fingerprint density at radius 2 is 1.28 bits per heavy atom. The number of pyridine rings is 1. The van der Waals surface area contributed by atoms with Gasteiger partial charge in [-0.2, -0.15) is 0 Å². The van der Waals surface area contributed by atoms with Gasteiger partial charge in [-0.05, 0) is 51.9 Å². The van der Waals surface area contributed by atoms with Crippen LogP contribution in [0.2, 0.25) is 0 Å². The van der Waals surface area contributed by atoms with Crippen molar-refractivity contribution in [2.24, 2.45) is 0 Å². The van der Waals surface area contributed by atoms with Gasteiger partial charge in [0.15, 0.2) is 0 Å². The minimum atomic E-state index is 1.14. The molecule has 120 valence electrons. The first-order valence-corrected chi connectivity index (χ1v) is 8.49. The lowest BCUT2D eigenvalue weighted by Gasteiger charge is -2.14. The Bertz CT molecular complexity index is 971. The summed E-state index contributed by atoms with van der Waals surface area (Å²) in [6.45, 7) is 2.18. The van der Waals surface area contributed by atoms with Crippen LogP contribution in [0.3, 0.4) is 0 Å². The van der Waals surface area contributed by atoms with Gasteiger partial charge in [0.1, 0.15) is 0 Å². The van der Waals surface area contributed by atoms with E-state index in [4.69, 9.17) is 0 Å². The SMILES string of the molecule is Cc1cccc(-c2ccc(-c3cccnc3)cc2)c1-c1ccccc1. The van der Waals surface area contributed by atoms with Crippen LogP contribution in [0.5, 0.6) is 0 Å². The zero-order valence-corrected chi connectivity index (χ0v) is 14.2. The number of hydrogen-bond donors (Lipinski definition) is 0. The fourth-order valence-corrected chi connectivity index (χ4v) is 3.27. The third-order valence-corrected chi connectivity index (χ3v) is 4.53. The Morgan fingerprint density at radius 3 is 2.00 bits per heavy atom. The van der Waals surface area contributed by atoms with E-state index in [2.05, 4.69) is 90.8 Å². The summed E-state index contributed by atoms with van der Waals surface area (Å²) in [7, 11) is 0. The van der Waals surface area contributed by atoms with Crippen LogP contribution in [0.15, 0.2) is 97.3 Å². The highest BCUT2D eigenvalue weighted by atomic mass is 14.6. The summed E-state index contributed by atoms with van der Waals surface area (Å²) in [6.07, 6.45) is 3.70. The molecule has 0 atom stereocenters. The summed E-state index contributed by atoms with van der Waals surface area (Å²) >= 11 is 0. The number of aromatic nitrogens is 1. The van der Waals surface area contributed by atoms with E-state index >= 15 is 0 Å². The normalized spacial score (nSPS) is 10.6. The fraction of sp³-hybridized carbons (Fsp3) is 0.0417. The van der Waals surface area contributed by atoms with Gasteiger partial charge in [0, 0.05) is 12.4 Å². The lowest BCUT2D eigenvalue weighted by molar-refractivity contribution is 1.33. The highest BCUT2D eigenvalue weighted by molar-refractivity contribution is 5.86. The first-order chi connectivity index (χ1) is 12.3. The minimum Gasteiger partial charge on any atom is -0.264 e. The molecule has 0 saturated heterocycles. The molecule has 4 rings (SSSR count). The van der Waals surface area contributed by atoms with Crippen molar-refractivity contribution in [3.63, 3.8) is 0 Å². The van der Waals surface area contributed by atoms with Crippen LogP contribution in [0.4, 0.5) is 0 Å². The summed E-state index contributed by atoms with van der Waals surface area (Å²) < 4.78 is 0. The zero-order chi connectivity index (χ0) is 17.1. The second kappa shape index (κ2) is 6.74. The summed E-state index contributed by atoms with van der Waals surface area (Å²) in [5.41, 5.74) is 8.68. The molecule has 1 aromatic heterocycles. The van der Waals surface area contributed by atoms with Gasteiger partial charge in [-0.3, -0.25) is 4.98 Å². The van der Waals surface area contributed by atoms with Crippen molar-refractivity contribution in [3.8, 4) is 33.4 Å². The molecule has 3 aromatic carbocycles. The number of nitrogens with zero attached hydrogens (tertiary/aromatic N) is 1. The van der Waals surface area contributed by atoms with Crippen molar-refractivity contribution in [1.29, 1.82) is 0 Å². The molecule has 0 saturated carbocycles. The van der Waals surface area contributed by atoms with Crippen LogP contribution in [0.25, 0.3) is 33.4 Å². The Hall–Kier alpha value is -3.19. The first kappa shape index (κ1) is 15.3. The van der Waals surface area contributed by atoms with Gasteiger partial charge in [0.2, 0.25) is 0 Å².